The number of aromatic nitrogens is 2. The number of nitrogens with zero attached hydrogens (tertiary/aromatic N) is 2. The summed E-state index contributed by atoms with van der Waals surface area (Å²) < 4.78 is 1.72. The Morgan fingerprint density at radius 3 is 2.79 bits per heavy atom. The summed E-state index contributed by atoms with van der Waals surface area (Å²) in [5, 5.41) is 4.29. The van der Waals surface area contributed by atoms with Crippen molar-refractivity contribution in [1.82, 2.24) is 9.78 Å². The average Bonchev–Trinajstić information content (AvgIpc) is 2.43. The molecule has 0 saturated heterocycles. The van der Waals surface area contributed by atoms with Crippen molar-refractivity contribution in [2.24, 2.45) is 13.0 Å². The van der Waals surface area contributed by atoms with Gasteiger partial charge in [0.25, 0.3) is 0 Å². The lowest BCUT2D eigenvalue weighted by Gasteiger charge is -2.23. The molecule has 0 amide bonds. The number of ketones is 1. The molecule has 3 nitrogen and oxygen atoms in total. The van der Waals surface area contributed by atoms with E-state index in [4.69, 9.17) is 0 Å². The van der Waals surface area contributed by atoms with Gasteiger partial charge in [0.15, 0.2) is 5.78 Å². The number of carbonyl (C=O) groups excluding carboxylic acids is 1. The van der Waals surface area contributed by atoms with E-state index in [1.807, 2.05) is 13.1 Å². The van der Waals surface area contributed by atoms with Crippen LogP contribution >= 0.6 is 0 Å². The minimum Gasteiger partial charge on any atom is -0.292 e. The average molecular weight is 192 g/mol. The third-order valence-corrected chi connectivity index (χ3v) is 3.02. The normalized spacial score (nSPS) is 16.7. The molecule has 1 aromatic heterocycles. The van der Waals surface area contributed by atoms with Gasteiger partial charge >= 0.3 is 0 Å². The summed E-state index contributed by atoms with van der Waals surface area (Å²) in [6.07, 6.45) is 4.22. The number of hydrogen-bond donors (Lipinski definition) is 0. The molecular weight excluding hydrogens is 176 g/mol. The molecule has 0 atom stereocenters. The Balaban J connectivity index is 2.21. The fourth-order valence-corrected chi connectivity index (χ4v) is 1.81. The van der Waals surface area contributed by atoms with E-state index in [0.29, 0.717) is 0 Å². The van der Waals surface area contributed by atoms with Crippen LogP contribution < -0.4 is 0 Å². The lowest BCUT2D eigenvalue weighted by Crippen LogP contribution is -2.23. The zero-order valence-electron chi connectivity index (χ0n) is 8.79. The second-order valence-corrected chi connectivity index (χ2v) is 3.99. The number of aryl methyl sites for hydroxylation is 2. The van der Waals surface area contributed by atoms with Crippen LogP contribution in [-0.4, -0.2) is 15.6 Å². The van der Waals surface area contributed by atoms with Crippen molar-refractivity contribution < 1.29 is 4.79 Å². The van der Waals surface area contributed by atoms with Crippen molar-refractivity contribution in [1.29, 1.82) is 0 Å². The predicted molar refractivity (Wildman–Crippen MR) is 54.3 cm³/mol. The van der Waals surface area contributed by atoms with E-state index in [2.05, 4.69) is 12.0 Å². The van der Waals surface area contributed by atoms with Crippen LogP contribution in [0.25, 0.3) is 0 Å². The highest BCUT2D eigenvalue weighted by Crippen LogP contribution is 2.29. The smallest absolute Gasteiger partial charge is 0.183 e. The molecule has 14 heavy (non-hydrogen) atoms. The van der Waals surface area contributed by atoms with Gasteiger partial charge in [0.1, 0.15) is 5.69 Å². The summed E-state index contributed by atoms with van der Waals surface area (Å²) in [7, 11) is 1.85. The van der Waals surface area contributed by atoms with Gasteiger partial charge in [0, 0.05) is 13.0 Å². The predicted octanol–water partition coefficient (Wildman–Crippen LogP) is 1.97. The van der Waals surface area contributed by atoms with Crippen LogP contribution in [0.5, 0.6) is 0 Å². The van der Waals surface area contributed by atoms with Gasteiger partial charge < -0.3 is 0 Å². The van der Waals surface area contributed by atoms with E-state index >= 15 is 0 Å². The Morgan fingerprint density at radius 1 is 1.64 bits per heavy atom. The van der Waals surface area contributed by atoms with Crippen LogP contribution in [0, 0.1) is 5.92 Å². The summed E-state index contributed by atoms with van der Waals surface area (Å²) in [5.41, 5.74) is 1.79. The molecule has 0 unspecified atom stereocenters. The van der Waals surface area contributed by atoms with Gasteiger partial charge in [-0.15, -0.1) is 0 Å². The zero-order chi connectivity index (χ0) is 10.1. The number of hydrogen-bond acceptors (Lipinski definition) is 2. The first-order valence-corrected chi connectivity index (χ1v) is 5.29. The van der Waals surface area contributed by atoms with Crippen LogP contribution in [0.2, 0.25) is 0 Å². The van der Waals surface area contributed by atoms with Gasteiger partial charge in [-0.3, -0.25) is 9.48 Å². The molecule has 0 aromatic carbocycles. The van der Waals surface area contributed by atoms with Crippen LogP contribution in [0.3, 0.4) is 0 Å². The first-order valence-electron chi connectivity index (χ1n) is 5.29. The summed E-state index contributed by atoms with van der Waals surface area (Å²) in [5.74, 6) is 0.557. The lowest BCUT2D eigenvalue weighted by atomic mass is 9.81. The number of carbonyl (C=O) groups is 1. The minimum atomic E-state index is 0.273. The molecule has 0 radical (unpaired) electrons. The summed E-state index contributed by atoms with van der Waals surface area (Å²) in [6.45, 7) is 2.06. The third-order valence-electron chi connectivity index (χ3n) is 3.02. The van der Waals surface area contributed by atoms with Crippen molar-refractivity contribution in [2.75, 3.05) is 0 Å². The van der Waals surface area contributed by atoms with Gasteiger partial charge in [-0.2, -0.15) is 5.10 Å². The van der Waals surface area contributed by atoms with E-state index in [1.165, 1.54) is 6.42 Å². The standard InChI is InChI=1S/C11H16N2O/c1-3-9-7-10(13(2)12-9)11(14)8-5-4-6-8/h7-8H,3-6H2,1-2H3. The van der Waals surface area contributed by atoms with Gasteiger partial charge in [0.05, 0.1) is 5.69 Å². The molecule has 1 aromatic rings. The molecule has 1 fully saturated rings. The molecule has 1 heterocycles. The fourth-order valence-electron chi connectivity index (χ4n) is 1.81. The molecule has 1 aliphatic carbocycles. The zero-order valence-corrected chi connectivity index (χ0v) is 8.79. The largest absolute Gasteiger partial charge is 0.292 e. The lowest BCUT2D eigenvalue weighted by molar-refractivity contribution is 0.0845. The third kappa shape index (κ3) is 1.47. The number of Topliss-reactive ketones (excluding diaryl/α,β-unsaturated/α-hetero) is 1. The first kappa shape index (κ1) is 9.44. The molecule has 0 aliphatic heterocycles. The highest BCUT2D eigenvalue weighted by molar-refractivity contribution is 5.96. The van der Waals surface area contributed by atoms with Crippen molar-refractivity contribution >= 4 is 5.78 Å². The van der Waals surface area contributed by atoms with Gasteiger partial charge in [0.2, 0.25) is 0 Å². The van der Waals surface area contributed by atoms with Gasteiger partial charge in [-0.25, -0.2) is 0 Å². The Labute approximate surface area is 84.1 Å². The monoisotopic (exact) mass is 192 g/mol. The maximum atomic E-state index is 11.9. The van der Waals surface area contributed by atoms with Crippen molar-refractivity contribution in [3.63, 3.8) is 0 Å². The van der Waals surface area contributed by atoms with Crippen molar-refractivity contribution in [2.45, 2.75) is 32.6 Å². The summed E-state index contributed by atoms with van der Waals surface area (Å²) >= 11 is 0. The van der Waals surface area contributed by atoms with Gasteiger partial charge in [-0.05, 0) is 25.3 Å². The van der Waals surface area contributed by atoms with Crippen LogP contribution in [0.1, 0.15) is 42.4 Å². The quantitative estimate of drug-likeness (QED) is 0.686. The molecule has 76 valence electrons. The summed E-state index contributed by atoms with van der Waals surface area (Å²) in [4.78, 5) is 11.9. The summed E-state index contributed by atoms with van der Waals surface area (Å²) in [6, 6.07) is 1.93. The van der Waals surface area contributed by atoms with Gasteiger partial charge in [-0.1, -0.05) is 13.3 Å². The second kappa shape index (κ2) is 3.56. The van der Waals surface area contributed by atoms with Crippen LogP contribution in [0.15, 0.2) is 6.07 Å². The SMILES string of the molecule is CCc1cc(C(=O)C2CCC2)n(C)n1. The fraction of sp³-hybridized carbons (Fsp3) is 0.636. The van der Waals surface area contributed by atoms with E-state index < -0.39 is 0 Å². The molecule has 1 saturated carbocycles. The first-order chi connectivity index (χ1) is 6.72. The molecule has 1 aliphatic rings. The molecule has 0 bridgehead atoms. The van der Waals surface area contributed by atoms with Crippen molar-refractivity contribution in [3.8, 4) is 0 Å². The Hall–Kier alpha value is -1.12. The van der Waals surface area contributed by atoms with Crippen molar-refractivity contribution in [3.05, 3.63) is 17.5 Å². The van der Waals surface area contributed by atoms with E-state index in [1.54, 1.807) is 4.68 Å². The minimum absolute atomic E-state index is 0.273. The Kier molecular flexibility index (Phi) is 2.40. The molecule has 0 N–H and O–H groups in total. The molecular formula is C11H16N2O. The topological polar surface area (TPSA) is 34.9 Å². The Bertz CT molecular complexity index is 350. The molecule has 3 heteroatoms. The highest BCUT2D eigenvalue weighted by atomic mass is 16.1. The maximum absolute atomic E-state index is 11.9. The van der Waals surface area contributed by atoms with Crippen LogP contribution in [0.4, 0.5) is 0 Å². The maximum Gasteiger partial charge on any atom is 0.183 e. The molecule has 2 rings (SSSR count). The van der Waals surface area contributed by atoms with E-state index in [9.17, 15) is 4.79 Å². The Morgan fingerprint density at radius 2 is 2.36 bits per heavy atom. The molecule has 0 spiro atoms. The number of rotatable bonds is 3. The van der Waals surface area contributed by atoms with E-state index in [0.717, 1.165) is 30.7 Å². The second-order valence-electron chi connectivity index (χ2n) is 3.99. The van der Waals surface area contributed by atoms with E-state index in [-0.39, 0.29) is 11.7 Å². The van der Waals surface area contributed by atoms with Crippen LogP contribution in [-0.2, 0) is 13.5 Å². The highest BCUT2D eigenvalue weighted by Gasteiger charge is 2.28.